The SMILES string of the molecule is CC1CNCCN1C(=O)c1cccc(CS(C)=O)c1. The summed E-state index contributed by atoms with van der Waals surface area (Å²) in [6, 6.07) is 7.68. The van der Waals surface area contributed by atoms with Gasteiger partial charge in [0.15, 0.2) is 0 Å². The summed E-state index contributed by atoms with van der Waals surface area (Å²) >= 11 is 0. The highest BCUT2D eigenvalue weighted by Gasteiger charge is 2.23. The van der Waals surface area contributed by atoms with Gasteiger partial charge in [-0.2, -0.15) is 0 Å². The van der Waals surface area contributed by atoms with Gasteiger partial charge in [-0.05, 0) is 24.6 Å². The zero-order valence-electron chi connectivity index (χ0n) is 11.4. The predicted octanol–water partition coefficient (Wildman–Crippen LogP) is 0.999. The fourth-order valence-electron chi connectivity index (χ4n) is 2.34. The molecule has 1 N–H and O–H groups in total. The smallest absolute Gasteiger partial charge is 0.254 e. The van der Waals surface area contributed by atoms with Crippen molar-refractivity contribution in [2.75, 3.05) is 25.9 Å². The summed E-state index contributed by atoms with van der Waals surface area (Å²) in [5.41, 5.74) is 1.64. The minimum atomic E-state index is -0.885. The second-order valence-corrected chi connectivity index (χ2v) is 6.40. The number of piperazine rings is 1. The summed E-state index contributed by atoms with van der Waals surface area (Å²) in [6.45, 7) is 4.47. The number of carbonyl (C=O) groups excluding carboxylic acids is 1. The third kappa shape index (κ3) is 3.64. The van der Waals surface area contributed by atoms with Crippen LogP contribution in [0.4, 0.5) is 0 Å². The first-order valence-electron chi connectivity index (χ1n) is 6.48. The second kappa shape index (κ2) is 6.30. The van der Waals surface area contributed by atoms with E-state index < -0.39 is 10.8 Å². The van der Waals surface area contributed by atoms with Crippen LogP contribution >= 0.6 is 0 Å². The molecule has 1 aromatic carbocycles. The van der Waals surface area contributed by atoms with Crippen molar-refractivity contribution in [1.82, 2.24) is 10.2 Å². The lowest BCUT2D eigenvalue weighted by Crippen LogP contribution is -2.52. The Morgan fingerprint density at radius 3 is 3.00 bits per heavy atom. The largest absolute Gasteiger partial charge is 0.333 e. The van der Waals surface area contributed by atoms with Gasteiger partial charge < -0.3 is 10.2 Å². The Morgan fingerprint density at radius 2 is 2.32 bits per heavy atom. The maximum absolute atomic E-state index is 12.5. The van der Waals surface area contributed by atoms with Crippen molar-refractivity contribution in [3.05, 3.63) is 35.4 Å². The molecule has 2 unspecified atom stereocenters. The molecule has 1 aromatic rings. The van der Waals surface area contributed by atoms with Crippen molar-refractivity contribution >= 4 is 16.7 Å². The average Bonchev–Trinajstić information content (AvgIpc) is 2.38. The van der Waals surface area contributed by atoms with Crippen molar-refractivity contribution in [2.45, 2.75) is 18.7 Å². The van der Waals surface area contributed by atoms with Crippen LogP contribution in [-0.4, -0.2) is 46.9 Å². The highest BCUT2D eigenvalue weighted by molar-refractivity contribution is 7.83. The first kappa shape index (κ1) is 14.2. The van der Waals surface area contributed by atoms with Crippen molar-refractivity contribution in [3.63, 3.8) is 0 Å². The molecule has 0 saturated carbocycles. The van der Waals surface area contributed by atoms with Crippen molar-refractivity contribution in [2.24, 2.45) is 0 Å². The zero-order chi connectivity index (χ0) is 13.8. The molecule has 4 nitrogen and oxygen atoms in total. The molecule has 1 heterocycles. The van der Waals surface area contributed by atoms with Crippen molar-refractivity contribution in [3.8, 4) is 0 Å². The third-order valence-electron chi connectivity index (χ3n) is 3.31. The molecule has 0 spiro atoms. The van der Waals surface area contributed by atoms with E-state index in [1.54, 1.807) is 6.26 Å². The Bertz CT molecular complexity index is 490. The normalized spacial score (nSPS) is 21.2. The lowest BCUT2D eigenvalue weighted by molar-refractivity contribution is 0.0655. The van der Waals surface area contributed by atoms with Crippen LogP contribution in [0, 0.1) is 0 Å². The first-order chi connectivity index (χ1) is 9.08. The van der Waals surface area contributed by atoms with Gasteiger partial charge in [-0.1, -0.05) is 12.1 Å². The number of hydrogen-bond donors (Lipinski definition) is 1. The zero-order valence-corrected chi connectivity index (χ0v) is 12.2. The third-order valence-corrected chi connectivity index (χ3v) is 4.05. The molecule has 0 radical (unpaired) electrons. The average molecular weight is 280 g/mol. The Hall–Kier alpha value is -1.20. The van der Waals surface area contributed by atoms with Crippen LogP contribution in [0.3, 0.4) is 0 Å². The van der Waals surface area contributed by atoms with Crippen LogP contribution in [0.5, 0.6) is 0 Å². The molecule has 1 aliphatic rings. The van der Waals surface area contributed by atoms with Crippen LogP contribution in [-0.2, 0) is 16.6 Å². The van der Waals surface area contributed by atoms with Gasteiger partial charge in [0.25, 0.3) is 5.91 Å². The van der Waals surface area contributed by atoms with Crippen molar-refractivity contribution in [1.29, 1.82) is 0 Å². The Kier molecular flexibility index (Phi) is 4.71. The molecule has 5 heteroatoms. The molecule has 2 rings (SSSR count). The molecule has 1 aliphatic heterocycles. The van der Waals surface area contributed by atoms with E-state index >= 15 is 0 Å². The van der Waals surface area contributed by atoms with E-state index in [2.05, 4.69) is 12.2 Å². The summed E-state index contributed by atoms with van der Waals surface area (Å²) in [5.74, 6) is 0.566. The Morgan fingerprint density at radius 1 is 1.53 bits per heavy atom. The number of rotatable bonds is 3. The monoisotopic (exact) mass is 280 g/mol. The number of hydrogen-bond acceptors (Lipinski definition) is 3. The summed E-state index contributed by atoms with van der Waals surface area (Å²) in [6.07, 6.45) is 1.67. The second-order valence-electron chi connectivity index (χ2n) is 4.97. The molecule has 1 amide bonds. The molecular weight excluding hydrogens is 260 g/mol. The quantitative estimate of drug-likeness (QED) is 0.898. The molecule has 1 saturated heterocycles. The van der Waals surface area contributed by atoms with Crippen LogP contribution in [0.1, 0.15) is 22.8 Å². The molecule has 1 fully saturated rings. The molecule has 0 aromatic heterocycles. The van der Waals surface area contributed by atoms with Crippen LogP contribution in [0.2, 0.25) is 0 Å². The maximum Gasteiger partial charge on any atom is 0.254 e. The van der Waals surface area contributed by atoms with E-state index in [0.29, 0.717) is 11.3 Å². The highest BCUT2D eigenvalue weighted by Crippen LogP contribution is 2.13. The lowest BCUT2D eigenvalue weighted by Gasteiger charge is -2.34. The number of amides is 1. The highest BCUT2D eigenvalue weighted by atomic mass is 32.2. The van der Waals surface area contributed by atoms with Gasteiger partial charge in [0.2, 0.25) is 0 Å². The summed E-state index contributed by atoms with van der Waals surface area (Å²) in [7, 11) is -0.885. The first-order valence-corrected chi connectivity index (χ1v) is 8.21. The van der Waals surface area contributed by atoms with E-state index in [9.17, 15) is 9.00 Å². The molecule has 0 aliphatic carbocycles. The van der Waals surface area contributed by atoms with E-state index in [1.165, 1.54) is 0 Å². The molecule has 0 bridgehead atoms. The van der Waals surface area contributed by atoms with Gasteiger partial charge >= 0.3 is 0 Å². The minimum absolute atomic E-state index is 0.0673. The molecular formula is C14H20N2O2S. The standard InChI is InChI=1S/C14H20N2O2S/c1-11-9-15-6-7-16(11)14(17)13-5-3-4-12(8-13)10-19(2)18/h3-5,8,11,15H,6-7,9-10H2,1-2H3. The number of nitrogens with one attached hydrogen (secondary N) is 1. The van der Waals surface area contributed by atoms with Gasteiger partial charge in [0, 0.05) is 54.0 Å². The van der Waals surface area contributed by atoms with Crippen LogP contribution < -0.4 is 5.32 Å². The van der Waals surface area contributed by atoms with Gasteiger partial charge in [-0.25, -0.2) is 0 Å². The maximum atomic E-state index is 12.5. The van der Waals surface area contributed by atoms with E-state index in [0.717, 1.165) is 25.2 Å². The van der Waals surface area contributed by atoms with Gasteiger partial charge in [0.1, 0.15) is 0 Å². The predicted molar refractivity (Wildman–Crippen MR) is 77.6 cm³/mol. The van der Waals surface area contributed by atoms with E-state index in [1.807, 2.05) is 29.2 Å². The molecule has 2 atom stereocenters. The van der Waals surface area contributed by atoms with Gasteiger partial charge in [-0.15, -0.1) is 0 Å². The molecule has 19 heavy (non-hydrogen) atoms. The summed E-state index contributed by atoms with van der Waals surface area (Å²) in [5, 5.41) is 3.27. The number of carbonyl (C=O) groups is 1. The minimum Gasteiger partial charge on any atom is -0.333 e. The van der Waals surface area contributed by atoms with E-state index in [-0.39, 0.29) is 11.9 Å². The number of benzene rings is 1. The van der Waals surface area contributed by atoms with Crippen LogP contribution in [0.25, 0.3) is 0 Å². The summed E-state index contributed by atoms with van der Waals surface area (Å²) in [4.78, 5) is 14.4. The van der Waals surface area contributed by atoms with Gasteiger partial charge in [0.05, 0.1) is 0 Å². The van der Waals surface area contributed by atoms with Crippen LogP contribution in [0.15, 0.2) is 24.3 Å². The lowest BCUT2D eigenvalue weighted by atomic mass is 10.1. The molecule has 104 valence electrons. The summed E-state index contributed by atoms with van der Waals surface area (Å²) < 4.78 is 11.3. The van der Waals surface area contributed by atoms with Gasteiger partial charge in [-0.3, -0.25) is 9.00 Å². The fraction of sp³-hybridized carbons (Fsp3) is 0.500. The topological polar surface area (TPSA) is 49.4 Å². The Labute approximate surface area is 116 Å². The number of nitrogens with zero attached hydrogens (tertiary/aromatic N) is 1. The fourth-order valence-corrected chi connectivity index (χ4v) is 2.99. The van der Waals surface area contributed by atoms with E-state index in [4.69, 9.17) is 0 Å². The van der Waals surface area contributed by atoms with Crippen molar-refractivity contribution < 1.29 is 9.00 Å². The Balaban J connectivity index is 2.16.